The van der Waals surface area contributed by atoms with Crippen LogP contribution in [0.25, 0.3) is 22.6 Å². The van der Waals surface area contributed by atoms with E-state index < -0.39 is 0 Å². The van der Waals surface area contributed by atoms with E-state index in [-0.39, 0.29) is 11.5 Å². The predicted molar refractivity (Wildman–Crippen MR) is 81.9 cm³/mol. The van der Waals surface area contributed by atoms with Crippen LogP contribution in [-0.4, -0.2) is 9.97 Å². The maximum atomic E-state index is 12.0. The van der Waals surface area contributed by atoms with Gasteiger partial charge in [0.1, 0.15) is 10.1 Å². The third kappa shape index (κ3) is 2.18. The number of halogens is 1. The summed E-state index contributed by atoms with van der Waals surface area (Å²) in [6.07, 6.45) is 0. The Labute approximate surface area is 124 Å². The van der Waals surface area contributed by atoms with Crippen LogP contribution in [0.2, 0.25) is 0 Å². The van der Waals surface area contributed by atoms with Crippen LogP contribution in [0.15, 0.2) is 44.0 Å². The molecule has 4 nitrogen and oxygen atoms in total. The van der Waals surface area contributed by atoms with Gasteiger partial charge in [-0.2, -0.15) is 0 Å². The summed E-state index contributed by atoms with van der Waals surface area (Å²) in [4.78, 5) is 19.2. The van der Waals surface area contributed by atoms with E-state index >= 15 is 0 Å². The molecule has 102 valence electrons. The van der Waals surface area contributed by atoms with Crippen molar-refractivity contribution in [1.29, 1.82) is 0 Å². The van der Waals surface area contributed by atoms with Gasteiger partial charge in [-0.25, -0.2) is 4.98 Å². The highest BCUT2D eigenvalue weighted by Crippen LogP contribution is 2.27. The molecule has 0 bridgehead atoms. The number of hydrogen-bond acceptors (Lipinski definition) is 3. The molecular formula is C15H13BrN2O2. The van der Waals surface area contributed by atoms with E-state index in [4.69, 9.17) is 4.42 Å². The molecule has 0 radical (unpaired) electrons. The Morgan fingerprint density at radius 3 is 2.75 bits per heavy atom. The Hall–Kier alpha value is -1.88. The van der Waals surface area contributed by atoms with Crippen LogP contribution in [0.5, 0.6) is 0 Å². The van der Waals surface area contributed by atoms with Gasteiger partial charge in [0, 0.05) is 5.39 Å². The second-order valence-electron chi connectivity index (χ2n) is 4.92. The van der Waals surface area contributed by atoms with Crippen molar-refractivity contribution in [2.45, 2.75) is 19.8 Å². The second-order valence-corrected chi connectivity index (χ2v) is 5.71. The van der Waals surface area contributed by atoms with E-state index in [2.05, 4.69) is 25.9 Å². The van der Waals surface area contributed by atoms with Gasteiger partial charge in [0.15, 0.2) is 11.6 Å². The Kier molecular flexibility index (Phi) is 3.22. The first-order chi connectivity index (χ1) is 9.56. The Bertz CT molecular complexity index is 800. The Morgan fingerprint density at radius 2 is 2.05 bits per heavy atom. The molecule has 0 saturated carbocycles. The molecule has 3 rings (SSSR count). The molecule has 0 aliphatic carbocycles. The molecule has 2 heterocycles. The van der Waals surface area contributed by atoms with E-state index in [0.717, 1.165) is 16.7 Å². The van der Waals surface area contributed by atoms with Crippen LogP contribution in [-0.2, 0) is 0 Å². The van der Waals surface area contributed by atoms with Gasteiger partial charge < -0.3 is 9.40 Å². The smallest absolute Gasteiger partial charge is 0.265 e. The van der Waals surface area contributed by atoms with E-state index in [0.29, 0.717) is 16.1 Å². The van der Waals surface area contributed by atoms with Gasteiger partial charge in [0.05, 0.1) is 5.69 Å². The number of benzene rings is 1. The van der Waals surface area contributed by atoms with E-state index in [1.54, 1.807) is 0 Å². The lowest BCUT2D eigenvalue weighted by Crippen LogP contribution is -2.14. The zero-order valence-corrected chi connectivity index (χ0v) is 12.7. The molecule has 0 spiro atoms. The zero-order chi connectivity index (χ0) is 14.3. The summed E-state index contributed by atoms with van der Waals surface area (Å²) < 4.78 is 6.21. The van der Waals surface area contributed by atoms with Crippen LogP contribution < -0.4 is 5.56 Å². The van der Waals surface area contributed by atoms with Crippen LogP contribution in [0.3, 0.4) is 0 Å². The molecule has 0 amide bonds. The topological polar surface area (TPSA) is 58.9 Å². The van der Waals surface area contributed by atoms with Gasteiger partial charge in [-0.3, -0.25) is 4.79 Å². The number of furan rings is 1. The number of para-hydroxylation sites is 1. The average molecular weight is 333 g/mol. The van der Waals surface area contributed by atoms with Gasteiger partial charge in [0.25, 0.3) is 5.56 Å². The molecule has 2 aromatic heterocycles. The molecule has 0 saturated heterocycles. The van der Waals surface area contributed by atoms with Crippen molar-refractivity contribution in [3.8, 4) is 11.6 Å². The van der Waals surface area contributed by atoms with Crippen molar-refractivity contribution in [2.75, 3.05) is 0 Å². The average Bonchev–Trinajstić information content (AvgIpc) is 2.85. The number of aromatic nitrogens is 2. The van der Waals surface area contributed by atoms with E-state index in [9.17, 15) is 4.79 Å². The Morgan fingerprint density at radius 1 is 1.30 bits per heavy atom. The first-order valence-corrected chi connectivity index (χ1v) is 7.14. The largest absolute Gasteiger partial charge is 0.453 e. The molecule has 3 aromatic rings. The highest BCUT2D eigenvalue weighted by molar-refractivity contribution is 9.10. The fraction of sp³-hybridized carbons (Fsp3) is 0.200. The molecule has 0 aliphatic rings. The SMILES string of the molecule is CC(C)c1nc(-c2cc3ccccc3o2)[nH]c(=O)c1Br. The monoisotopic (exact) mass is 332 g/mol. The number of rotatable bonds is 2. The molecule has 0 aliphatic heterocycles. The minimum absolute atomic E-state index is 0.148. The van der Waals surface area contributed by atoms with Crippen molar-refractivity contribution in [2.24, 2.45) is 0 Å². The van der Waals surface area contributed by atoms with Gasteiger partial charge in [-0.05, 0) is 34.0 Å². The predicted octanol–water partition coefficient (Wildman–Crippen LogP) is 4.07. The van der Waals surface area contributed by atoms with Crippen molar-refractivity contribution in [3.63, 3.8) is 0 Å². The van der Waals surface area contributed by atoms with Crippen molar-refractivity contribution in [3.05, 3.63) is 50.9 Å². The van der Waals surface area contributed by atoms with Crippen molar-refractivity contribution < 1.29 is 4.42 Å². The lowest BCUT2D eigenvalue weighted by atomic mass is 10.1. The number of nitrogens with zero attached hydrogens (tertiary/aromatic N) is 1. The summed E-state index contributed by atoms with van der Waals surface area (Å²) in [5, 5.41) is 0.985. The molecule has 1 N–H and O–H groups in total. The maximum absolute atomic E-state index is 12.0. The molecular weight excluding hydrogens is 320 g/mol. The van der Waals surface area contributed by atoms with Crippen LogP contribution in [0.4, 0.5) is 0 Å². The molecule has 0 atom stereocenters. The summed E-state index contributed by atoms with van der Waals surface area (Å²) in [7, 11) is 0. The first kappa shape index (κ1) is 13.1. The van der Waals surface area contributed by atoms with Crippen molar-refractivity contribution >= 4 is 26.9 Å². The summed E-state index contributed by atoms with van der Waals surface area (Å²) in [6, 6.07) is 9.58. The fourth-order valence-electron chi connectivity index (χ4n) is 2.07. The summed E-state index contributed by atoms with van der Waals surface area (Å²) >= 11 is 3.29. The summed E-state index contributed by atoms with van der Waals surface area (Å²) in [5.41, 5.74) is 1.31. The zero-order valence-electron chi connectivity index (χ0n) is 11.1. The number of nitrogens with one attached hydrogen (secondary N) is 1. The summed E-state index contributed by atoms with van der Waals surface area (Å²) in [6.45, 7) is 3.99. The van der Waals surface area contributed by atoms with Gasteiger partial charge >= 0.3 is 0 Å². The normalized spacial score (nSPS) is 11.4. The van der Waals surface area contributed by atoms with Gasteiger partial charge in [0.2, 0.25) is 0 Å². The minimum atomic E-state index is -0.195. The highest BCUT2D eigenvalue weighted by Gasteiger charge is 2.15. The van der Waals surface area contributed by atoms with Crippen LogP contribution >= 0.6 is 15.9 Å². The number of H-pyrrole nitrogens is 1. The second kappa shape index (κ2) is 4.90. The number of aromatic amines is 1. The van der Waals surface area contributed by atoms with Crippen molar-refractivity contribution in [1.82, 2.24) is 9.97 Å². The summed E-state index contributed by atoms with van der Waals surface area (Å²) in [5.74, 6) is 1.17. The Balaban J connectivity index is 2.21. The number of fused-ring (bicyclic) bond motifs is 1. The van der Waals surface area contributed by atoms with E-state index in [1.165, 1.54) is 0 Å². The lowest BCUT2D eigenvalue weighted by Gasteiger charge is -2.07. The lowest BCUT2D eigenvalue weighted by molar-refractivity contribution is 0.622. The molecule has 0 unspecified atom stereocenters. The van der Waals surface area contributed by atoms with Gasteiger partial charge in [-0.1, -0.05) is 32.0 Å². The molecule has 0 fully saturated rings. The van der Waals surface area contributed by atoms with E-state index in [1.807, 2.05) is 44.2 Å². The molecule has 5 heteroatoms. The molecule has 1 aromatic carbocycles. The third-order valence-electron chi connectivity index (χ3n) is 3.09. The van der Waals surface area contributed by atoms with Crippen LogP contribution in [0, 0.1) is 0 Å². The maximum Gasteiger partial charge on any atom is 0.265 e. The molecule has 20 heavy (non-hydrogen) atoms. The first-order valence-electron chi connectivity index (χ1n) is 6.35. The minimum Gasteiger partial charge on any atom is -0.453 e. The quantitative estimate of drug-likeness (QED) is 0.769. The van der Waals surface area contributed by atoms with Crippen LogP contribution in [0.1, 0.15) is 25.5 Å². The highest BCUT2D eigenvalue weighted by atomic mass is 79.9. The third-order valence-corrected chi connectivity index (χ3v) is 3.86. The fourth-order valence-corrected chi connectivity index (χ4v) is 2.72. The number of hydrogen-bond donors (Lipinski definition) is 1. The standard InChI is InChI=1S/C15H13BrN2O2/c1-8(2)13-12(16)15(19)18-14(17-13)11-7-9-5-3-4-6-10(9)20-11/h3-8H,1-2H3,(H,17,18,19). The van der Waals surface area contributed by atoms with Gasteiger partial charge in [-0.15, -0.1) is 0 Å².